The zero-order valence-electron chi connectivity index (χ0n) is 12.8. The van der Waals surface area contributed by atoms with Crippen LogP contribution < -0.4 is 10.6 Å². The number of hydrogen-bond acceptors (Lipinski definition) is 5. The van der Waals surface area contributed by atoms with Crippen molar-refractivity contribution in [2.75, 3.05) is 44.6 Å². The highest BCUT2D eigenvalue weighted by Crippen LogP contribution is 2.18. The van der Waals surface area contributed by atoms with Crippen LogP contribution in [0.3, 0.4) is 0 Å². The van der Waals surface area contributed by atoms with Gasteiger partial charge in [0.2, 0.25) is 0 Å². The number of aromatic carboxylic acids is 1. The third kappa shape index (κ3) is 4.41. The molecule has 3 N–H and O–H groups in total. The number of rotatable bonds is 6. The molecule has 0 aromatic carbocycles. The largest absolute Gasteiger partial charge is 0.478 e. The van der Waals surface area contributed by atoms with Gasteiger partial charge in [-0.1, -0.05) is 0 Å². The van der Waals surface area contributed by atoms with Gasteiger partial charge < -0.3 is 20.6 Å². The van der Waals surface area contributed by atoms with E-state index in [-0.39, 0.29) is 5.56 Å². The highest BCUT2D eigenvalue weighted by molar-refractivity contribution is 5.94. The number of hydrogen-bond donors (Lipinski definition) is 3. The van der Waals surface area contributed by atoms with E-state index in [4.69, 9.17) is 0 Å². The molecule has 1 fully saturated rings. The monoisotopic (exact) mass is 292 g/mol. The molecule has 0 saturated carbocycles. The molecule has 0 amide bonds. The van der Waals surface area contributed by atoms with Crippen LogP contribution in [0.2, 0.25) is 0 Å². The Kier molecular flexibility index (Phi) is 5.52. The maximum Gasteiger partial charge on any atom is 0.339 e. The average molecular weight is 292 g/mol. The lowest BCUT2D eigenvalue weighted by Crippen LogP contribution is -2.44. The Hall–Kier alpha value is -1.66. The number of aryl methyl sites for hydroxylation is 2. The van der Waals surface area contributed by atoms with E-state index < -0.39 is 5.97 Å². The fourth-order valence-corrected chi connectivity index (χ4v) is 2.68. The Bertz CT molecular complexity index is 499. The Balaban J connectivity index is 1.88. The number of piperazine rings is 1. The Morgan fingerprint density at radius 1 is 1.43 bits per heavy atom. The first-order valence-electron chi connectivity index (χ1n) is 7.46. The van der Waals surface area contributed by atoms with Gasteiger partial charge in [-0.25, -0.2) is 9.78 Å². The first-order valence-corrected chi connectivity index (χ1v) is 7.46. The van der Waals surface area contributed by atoms with Crippen molar-refractivity contribution in [1.82, 2.24) is 15.2 Å². The van der Waals surface area contributed by atoms with Crippen LogP contribution in [0.5, 0.6) is 0 Å². The highest BCUT2D eigenvalue weighted by atomic mass is 16.4. The number of aromatic nitrogens is 1. The molecule has 21 heavy (non-hydrogen) atoms. The molecule has 0 spiro atoms. The molecule has 1 aliphatic rings. The fraction of sp³-hybridized carbons (Fsp3) is 0.600. The van der Waals surface area contributed by atoms with E-state index in [1.165, 1.54) is 0 Å². The molecule has 2 heterocycles. The fourth-order valence-electron chi connectivity index (χ4n) is 2.68. The van der Waals surface area contributed by atoms with Crippen molar-refractivity contribution >= 4 is 11.8 Å². The summed E-state index contributed by atoms with van der Waals surface area (Å²) in [4.78, 5) is 18.1. The lowest BCUT2D eigenvalue weighted by Gasteiger charge is -2.27. The van der Waals surface area contributed by atoms with Crippen molar-refractivity contribution in [3.63, 3.8) is 0 Å². The third-order valence-corrected chi connectivity index (χ3v) is 3.71. The lowest BCUT2D eigenvalue weighted by molar-refractivity contribution is 0.0697. The van der Waals surface area contributed by atoms with Crippen LogP contribution in [0.15, 0.2) is 6.07 Å². The van der Waals surface area contributed by atoms with Crippen molar-refractivity contribution in [3.8, 4) is 0 Å². The molecule has 2 rings (SSSR count). The first-order chi connectivity index (χ1) is 10.1. The molecule has 116 valence electrons. The van der Waals surface area contributed by atoms with Crippen LogP contribution in [-0.4, -0.2) is 60.2 Å². The van der Waals surface area contributed by atoms with E-state index >= 15 is 0 Å². The van der Waals surface area contributed by atoms with Gasteiger partial charge in [0.15, 0.2) is 0 Å². The summed E-state index contributed by atoms with van der Waals surface area (Å²) in [5.41, 5.74) is 1.87. The van der Waals surface area contributed by atoms with Crippen LogP contribution in [0.4, 0.5) is 5.82 Å². The maximum absolute atomic E-state index is 11.3. The Labute approximate surface area is 125 Å². The van der Waals surface area contributed by atoms with Crippen molar-refractivity contribution in [2.45, 2.75) is 20.3 Å². The van der Waals surface area contributed by atoms with Gasteiger partial charge in [0.1, 0.15) is 11.4 Å². The molecule has 1 aromatic heterocycles. The van der Waals surface area contributed by atoms with Crippen molar-refractivity contribution in [3.05, 3.63) is 22.9 Å². The van der Waals surface area contributed by atoms with Gasteiger partial charge in [-0.05, 0) is 38.4 Å². The standard InChI is InChI=1S/C15H24N4O2/c1-11-10-12(2)18-14(13(11)15(20)21)17-4-3-7-19-8-5-16-6-9-19/h10,16H,3-9H2,1-2H3,(H,17,18)(H,20,21). The zero-order chi connectivity index (χ0) is 15.2. The SMILES string of the molecule is Cc1cc(C)c(C(=O)O)c(NCCCN2CCNCC2)n1. The van der Waals surface area contributed by atoms with Crippen molar-refractivity contribution in [1.29, 1.82) is 0 Å². The van der Waals surface area contributed by atoms with Crippen LogP contribution >= 0.6 is 0 Å². The van der Waals surface area contributed by atoms with Gasteiger partial charge in [0.05, 0.1) is 0 Å². The summed E-state index contributed by atoms with van der Waals surface area (Å²) in [6, 6.07) is 1.80. The molecule has 0 atom stereocenters. The second-order valence-corrected chi connectivity index (χ2v) is 5.48. The number of carbonyl (C=O) groups is 1. The lowest BCUT2D eigenvalue weighted by atomic mass is 10.1. The summed E-state index contributed by atoms with van der Waals surface area (Å²) >= 11 is 0. The van der Waals surface area contributed by atoms with E-state index in [0.717, 1.165) is 56.9 Å². The summed E-state index contributed by atoms with van der Waals surface area (Å²) in [5, 5.41) is 15.8. The van der Waals surface area contributed by atoms with E-state index in [9.17, 15) is 9.90 Å². The number of carboxylic acid groups (broad SMARTS) is 1. The summed E-state index contributed by atoms with van der Waals surface area (Å²) in [6.45, 7) is 9.73. The van der Waals surface area contributed by atoms with E-state index in [1.54, 1.807) is 6.07 Å². The topological polar surface area (TPSA) is 77.5 Å². The Morgan fingerprint density at radius 3 is 2.81 bits per heavy atom. The highest BCUT2D eigenvalue weighted by Gasteiger charge is 2.15. The first kappa shape index (κ1) is 15.7. The molecule has 0 radical (unpaired) electrons. The van der Waals surface area contributed by atoms with E-state index in [0.29, 0.717) is 5.82 Å². The third-order valence-electron chi connectivity index (χ3n) is 3.71. The van der Waals surface area contributed by atoms with Gasteiger partial charge in [-0.2, -0.15) is 0 Å². The van der Waals surface area contributed by atoms with Gasteiger partial charge in [0.25, 0.3) is 0 Å². The molecule has 0 unspecified atom stereocenters. The summed E-state index contributed by atoms with van der Waals surface area (Å²) < 4.78 is 0. The quantitative estimate of drug-likeness (QED) is 0.682. The predicted octanol–water partition coefficient (Wildman–Crippen LogP) is 1.10. The molecule has 6 heteroatoms. The number of carboxylic acids is 1. The molecule has 1 aliphatic heterocycles. The second kappa shape index (κ2) is 7.38. The van der Waals surface area contributed by atoms with Gasteiger partial charge in [-0.15, -0.1) is 0 Å². The molecular weight excluding hydrogens is 268 g/mol. The summed E-state index contributed by atoms with van der Waals surface area (Å²) in [7, 11) is 0. The van der Waals surface area contributed by atoms with Crippen LogP contribution in [0.1, 0.15) is 28.0 Å². The minimum atomic E-state index is -0.926. The maximum atomic E-state index is 11.3. The predicted molar refractivity (Wildman–Crippen MR) is 83.1 cm³/mol. The van der Waals surface area contributed by atoms with Crippen LogP contribution in [-0.2, 0) is 0 Å². The van der Waals surface area contributed by atoms with Gasteiger partial charge in [0, 0.05) is 38.4 Å². The minimum absolute atomic E-state index is 0.280. The van der Waals surface area contributed by atoms with Crippen LogP contribution in [0.25, 0.3) is 0 Å². The number of pyridine rings is 1. The summed E-state index contributed by atoms with van der Waals surface area (Å²) in [6.07, 6.45) is 0.980. The van der Waals surface area contributed by atoms with E-state index in [1.807, 2.05) is 13.8 Å². The Morgan fingerprint density at radius 2 is 2.14 bits per heavy atom. The van der Waals surface area contributed by atoms with Crippen molar-refractivity contribution in [2.24, 2.45) is 0 Å². The molecule has 1 aromatic rings. The molecule has 1 saturated heterocycles. The average Bonchev–Trinajstić information content (AvgIpc) is 2.43. The zero-order valence-corrected chi connectivity index (χ0v) is 12.8. The minimum Gasteiger partial charge on any atom is -0.478 e. The second-order valence-electron chi connectivity index (χ2n) is 5.48. The molecule has 0 bridgehead atoms. The number of nitrogens with zero attached hydrogens (tertiary/aromatic N) is 2. The molecule has 6 nitrogen and oxygen atoms in total. The smallest absolute Gasteiger partial charge is 0.339 e. The normalized spacial score (nSPS) is 15.9. The number of nitrogens with one attached hydrogen (secondary N) is 2. The van der Waals surface area contributed by atoms with Crippen molar-refractivity contribution < 1.29 is 9.90 Å². The van der Waals surface area contributed by atoms with E-state index in [2.05, 4.69) is 20.5 Å². The van der Waals surface area contributed by atoms with Gasteiger partial charge in [-0.3, -0.25) is 0 Å². The van der Waals surface area contributed by atoms with Crippen LogP contribution in [0, 0.1) is 13.8 Å². The molecule has 0 aliphatic carbocycles. The number of anilines is 1. The van der Waals surface area contributed by atoms with Gasteiger partial charge >= 0.3 is 5.97 Å². The summed E-state index contributed by atoms with van der Waals surface area (Å²) in [5.74, 6) is -0.440. The molecular formula is C15H24N4O2.